The topological polar surface area (TPSA) is 41.1 Å². The normalized spacial score (nSPS) is 21.5. The Morgan fingerprint density at radius 1 is 1.52 bits per heavy atom. The van der Waals surface area contributed by atoms with Crippen LogP contribution >= 0.6 is 39.9 Å². The van der Waals surface area contributed by atoms with Crippen LogP contribution in [0.2, 0.25) is 5.02 Å². The van der Waals surface area contributed by atoms with Crippen molar-refractivity contribution in [3.63, 3.8) is 0 Å². The van der Waals surface area contributed by atoms with Gasteiger partial charge in [0, 0.05) is 28.5 Å². The number of amides is 1. The van der Waals surface area contributed by atoms with Crippen molar-refractivity contribution in [3.8, 4) is 0 Å². The highest BCUT2D eigenvalue weighted by Crippen LogP contribution is 2.22. The van der Waals surface area contributed by atoms with Crippen LogP contribution in [0.5, 0.6) is 0 Å². The molecule has 1 fully saturated rings. The van der Waals surface area contributed by atoms with E-state index in [4.69, 9.17) is 11.6 Å². The predicted molar refractivity (Wildman–Crippen MR) is 93.3 cm³/mol. The molecule has 2 rings (SSSR count). The number of carbonyl (C=O) groups excluding carboxylic acids is 1. The van der Waals surface area contributed by atoms with E-state index >= 15 is 0 Å². The van der Waals surface area contributed by atoms with Crippen LogP contribution in [0.1, 0.15) is 25.3 Å². The Morgan fingerprint density at radius 3 is 3.00 bits per heavy atom. The average Bonchev–Trinajstić information content (AvgIpc) is 2.42. The maximum absolute atomic E-state index is 12.0. The molecule has 118 valence electrons. The van der Waals surface area contributed by atoms with E-state index in [0.717, 1.165) is 29.5 Å². The van der Waals surface area contributed by atoms with Gasteiger partial charge in [0.1, 0.15) is 0 Å². The first-order valence-electron chi connectivity index (χ1n) is 7.00. The number of aryl methyl sites for hydroxylation is 1. The maximum atomic E-state index is 12.0. The van der Waals surface area contributed by atoms with Gasteiger partial charge in [-0.25, -0.2) is 0 Å². The lowest BCUT2D eigenvalue weighted by atomic mass is 9.94. The minimum Gasteiger partial charge on any atom is -0.352 e. The molecule has 0 bridgehead atoms. The predicted octanol–water partition coefficient (Wildman–Crippen LogP) is 3.57. The van der Waals surface area contributed by atoms with Crippen molar-refractivity contribution in [2.45, 2.75) is 32.2 Å². The van der Waals surface area contributed by atoms with E-state index in [-0.39, 0.29) is 24.4 Å². The molecule has 6 heteroatoms. The quantitative estimate of drug-likeness (QED) is 0.817. The summed E-state index contributed by atoms with van der Waals surface area (Å²) in [6.45, 7) is 4.11. The van der Waals surface area contributed by atoms with E-state index in [2.05, 4.69) is 33.5 Å². The monoisotopic (exact) mass is 394 g/mol. The van der Waals surface area contributed by atoms with Crippen LogP contribution in [0, 0.1) is 5.92 Å². The van der Waals surface area contributed by atoms with Crippen LogP contribution in [-0.2, 0) is 11.2 Å². The highest BCUT2D eigenvalue weighted by Gasteiger charge is 2.22. The number of hydrogen-bond donors (Lipinski definition) is 2. The number of benzene rings is 1. The summed E-state index contributed by atoms with van der Waals surface area (Å²) in [6, 6.07) is 5.91. The Labute approximate surface area is 145 Å². The van der Waals surface area contributed by atoms with E-state index in [1.807, 2.05) is 18.2 Å². The lowest BCUT2D eigenvalue weighted by molar-refractivity contribution is -0.122. The molecule has 0 radical (unpaired) electrons. The second kappa shape index (κ2) is 8.99. The first-order valence-corrected chi connectivity index (χ1v) is 8.17. The third kappa shape index (κ3) is 5.78. The average molecular weight is 396 g/mol. The van der Waals surface area contributed by atoms with Gasteiger partial charge in [0.05, 0.1) is 0 Å². The molecule has 0 aromatic heterocycles. The number of nitrogens with one attached hydrogen (secondary N) is 2. The number of piperidine rings is 1. The van der Waals surface area contributed by atoms with Gasteiger partial charge in [-0.15, -0.1) is 12.4 Å². The lowest BCUT2D eigenvalue weighted by Gasteiger charge is -2.30. The fourth-order valence-electron chi connectivity index (χ4n) is 2.45. The summed E-state index contributed by atoms with van der Waals surface area (Å²) >= 11 is 9.47. The van der Waals surface area contributed by atoms with Crippen LogP contribution in [0.3, 0.4) is 0 Å². The van der Waals surface area contributed by atoms with Gasteiger partial charge in [-0.3, -0.25) is 4.79 Å². The van der Waals surface area contributed by atoms with Crippen molar-refractivity contribution in [2.75, 3.05) is 13.1 Å². The highest BCUT2D eigenvalue weighted by molar-refractivity contribution is 9.10. The molecule has 1 amide bonds. The molecule has 2 unspecified atom stereocenters. The van der Waals surface area contributed by atoms with E-state index in [9.17, 15) is 4.79 Å². The largest absolute Gasteiger partial charge is 0.352 e. The summed E-state index contributed by atoms with van der Waals surface area (Å²) in [7, 11) is 0. The minimum absolute atomic E-state index is 0. The molecule has 0 spiro atoms. The standard InChI is InChI=1S/C15H20BrClN2O.ClH/c1-10-6-7-18-9-14(10)19-15(20)5-2-11-8-12(17)3-4-13(11)16;/h3-4,8,10,14,18H,2,5-7,9H2,1H3,(H,19,20);1H. The van der Waals surface area contributed by atoms with Crippen LogP contribution < -0.4 is 10.6 Å². The van der Waals surface area contributed by atoms with E-state index < -0.39 is 0 Å². The third-order valence-electron chi connectivity index (χ3n) is 3.80. The van der Waals surface area contributed by atoms with Crippen LogP contribution in [0.15, 0.2) is 22.7 Å². The Bertz CT molecular complexity index is 485. The molecular formula is C15H21BrCl2N2O. The van der Waals surface area contributed by atoms with Gasteiger partial charge in [-0.05, 0) is 49.1 Å². The van der Waals surface area contributed by atoms with Crippen molar-refractivity contribution in [1.82, 2.24) is 10.6 Å². The van der Waals surface area contributed by atoms with Gasteiger partial charge in [-0.2, -0.15) is 0 Å². The first-order chi connectivity index (χ1) is 9.56. The molecule has 0 saturated carbocycles. The van der Waals surface area contributed by atoms with Gasteiger partial charge in [0.15, 0.2) is 0 Å². The summed E-state index contributed by atoms with van der Waals surface area (Å²) in [4.78, 5) is 12.0. The van der Waals surface area contributed by atoms with Gasteiger partial charge >= 0.3 is 0 Å². The molecule has 1 aliphatic heterocycles. The Morgan fingerprint density at radius 2 is 2.29 bits per heavy atom. The van der Waals surface area contributed by atoms with Crippen LogP contribution in [0.4, 0.5) is 0 Å². The highest BCUT2D eigenvalue weighted by atomic mass is 79.9. The number of rotatable bonds is 4. The van der Waals surface area contributed by atoms with Crippen molar-refractivity contribution in [3.05, 3.63) is 33.3 Å². The number of halogens is 3. The molecule has 3 nitrogen and oxygen atoms in total. The second-order valence-electron chi connectivity index (χ2n) is 5.38. The Hall–Kier alpha value is -0.290. The Kier molecular flexibility index (Phi) is 8.03. The van der Waals surface area contributed by atoms with Crippen molar-refractivity contribution < 1.29 is 4.79 Å². The smallest absolute Gasteiger partial charge is 0.220 e. The molecule has 1 aliphatic rings. The van der Waals surface area contributed by atoms with Crippen LogP contribution in [-0.4, -0.2) is 25.0 Å². The molecule has 2 atom stereocenters. The summed E-state index contributed by atoms with van der Waals surface area (Å²) in [6.07, 6.45) is 2.30. The van der Waals surface area contributed by atoms with Crippen molar-refractivity contribution in [2.24, 2.45) is 5.92 Å². The zero-order valence-corrected chi connectivity index (χ0v) is 15.2. The number of hydrogen-bond acceptors (Lipinski definition) is 2. The van der Waals surface area contributed by atoms with E-state index in [0.29, 0.717) is 23.8 Å². The van der Waals surface area contributed by atoms with Gasteiger partial charge in [0.25, 0.3) is 0 Å². The van der Waals surface area contributed by atoms with E-state index in [1.54, 1.807) is 0 Å². The molecule has 1 aromatic rings. The second-order valence-corrected chi connectivity index (χ2v) is 6.67. The molecule has 1 heterocycles. The summed E-state index contributed by atoms with van der Waals surface area (Å²) in [5.74, 6) is 0.649. The summed E-state index contributed by atoms with van der Waals surface area (Å²) in [5, 5.41) is 7.15. The van der Waals surface area contributed by atoms with E-state index in [1.165, 1.54) is 0 Å². The Balaban J connectivity index is 0.00000220. The first kappa shape index (κ1) is 18.8. The third-order valence-corrected chi connectivity index (χ3v) is 4.81. The molecule has 0 aliphatic carbocycles. The van der Waals surface area contributed by atoms with Crippen LogP contribution in [0.25, 0.3) is 0 Å². The van der Waals surface area contributed by atoms with Gasteiger partial charge < -0.3 is 10.6 Å². The lowest BCUT2D eigenvalue weighted by Crippen LogP contribution is -2.50. The molecule has 1 saturated heterocycles. The SMILES string of the molecule is CC1CCNCC1NC(=O)CCc1cc(Cl)ccc1Br.Cl. The zero-order chi connectivity index (χ0) is 14.5. The summed E-state index contributed by atoms with van der Waals surface area (Å²) < 4.78 is 1.00. The molecule has 2 N–H and O–H groups in total. The fraction of sp³-hybridized carbons (Fsp3) is 0.533. The van der Waals surface area contributed by atoms with Gasteiger partial charge in [0.2, 0.25) is 5.91 Å². The van der Waals surface area contributed by atoms with Gasteiger partial charge in [-0.1, -0.05) is 34.5 Å². The van der Waals surface area contributed by atoms with Crippen molar-refractivity contribution in [1.29, 1.82) is 0 Å². The van der Waals surface area contributed by atoms with Crippen molar-refractivity contribution >= 4 is 45.8 Å². The maximum Gasteiger partial charge on any atom is 0.220 e. The minimum atomic E-state index is 0. The fourth-order valence-corrected chi connectivity index (χ4v) is 3.08. The molecule has 21 heavy (non-hydrogen) atoms. The molecule has 1 aromatic carbocycles. The summed E-state index contributed by atoms with van der Waals surface area (Å²) in [5.41, 5.74) is 1.07. The number of carbonyl (C=O) groups is 1. The zero-order valence-electron chi connectivity index (χ0n) is 12.0. The molecular weight excluding hydrogens is 375 g/mol.